The number of nitrogens with two attached hydrogens (primary N) is 1. The standard InChI is InChI=1S/C28H34IN5O9P2/c1-4-6-7-24-32-26-27(34(24)16-19-12-20(42-44(36,37)38)9-11-23(19)43-45(39,40)41)21-13-18(8-10-22(21)31-28(26)30)17(3)15-33(5-2)25(35)14-29/h8-13,15,17H,4-7,14,16H2,1-3H3,(H5-,30,31,36,37,38,39,40,41)/p+1. The zero-order chi connectivity index (χ0) is 33.1. The van der Waals surface area contributed by atoms with Gasteiger partial charge in [-0.15, -0.1) is 0 Å². The monoisotopic (exact) mass is 774 g/mol. The summed E-state index contributed by atoms with van der Waals surface area (Å²) in [4.78, 5) is 59.7. The Labute approximate surface area is 272 Å². The van der Waals surface area contributed by atoms with E-state index in [9.17, 15) is 33.5 Å². The molecule has 4 rings (SSSR count). The molecule has 0 fully saturated rings. The number of pyridine rings is 1. The Morgan fingerprint density at radius 2 is 1.80 bits per heavy atom. The number of benzene rings is 2. The highest BCUT2D eigenvalue weighted by Gasteiger charge is 2.25. The van der Waals surface area contributed by atoms with Crippen LogP contribution in [0.5, 0.6) is 11.5 Å². The molecule has 0 spiro atoms. The maximum Gasteiger partial charge on any atom is 0.524 e. The zero-order valence-electron chi connectivity index (χ0n) is 24.8. The highest BCUT2D eigenvalue weighted by molar-refractivity contribution is 14.1. The molecule has 1 atom stereocenters. The number of fused-ring (bicyclic) bond motifs is 3. The van der Waals surface area contributed by atoms with E-state index in [1.165, 1.54) is 12.1 Å². The van der Waals surface area contributed by atoms with E-state index in [1.807, 2.05) is 72.3 Å². The van der Waals surface area contributed by atoms with Gasteiger partial charge >= 0.3 is 21.6 Å². The third-order valence-corrected chi connectivity index (χ3v) is 8.60. The minimum Gasteiger partial charge on any atom is -0.404 e. The lowest BCUT2D eigenvalue weighted by Crippen LogP contribution is -2.24. The van der Waals surface area contributed by atoms with Gasteiger partial charge in [-0.2, -0.15) is 4.58 Å². The number of phosphoric ester groups is 2. The predicted molar refractivity (Wildman–Crippen MR) is 178 cm³/mol. The summed E-state index contributed by atoms with van der Waals surface area (Å²) in [5.41, 5.74) is 9.08. The molecule has 45 heavy (non-hydrogen) atoms. The largest absolute Gasteiger partial charge is 0.524 e. The van der Waals surface area contributed by atoms with Crippen molar-refractivity contribution in [2.45, 2.75) is 52.5 Å². The lowest BCUT2D eigenvalue weighted by atomic mass is 9.99. The van der Waals surface area contributed by atoms with Gasteiger partial charge in [-0.05, 0) is 56.2 Å². The second-order valence-electron chi connectivity index (χ2n) is 10.4. The smallest absolute Gasteiger partial charge is 0.404 e. The van der Waals surface area contributed by atoms with Crippen LogP contribution >= 0.6 is 38.2 Å². The third kappa shape index (κ3) is 8.67. The van der Waals surface area contributed by atoms with Gasteiger partial charge in [-0.1, -0.05) is 42.0 Å². The number of carbonyl (C=O) groups excluding carboxylic acids is 1. The topological polar surface area (TPSA) is 210 Å². The van der Waals surface area contributed by atoms with Crippen LogP contribution in [0.2, 0.25) is 0 Å². The highest BCUT2D eigenvalue weighted by atomic mass is 127. The molecule has 0 aliphatic carbocycles. The van der Waals surface area contributed by atoms with Crippen molar-refractivity contribution in [3.05, 3.63) is 53.3 Å². The number of hydrogen-bond acceptors (Lipinski definition) is 8. The summed E-state index contributed by atoms with van der Waals surface area (Å²) in [6.45, 7) is 6.37. The van der Waals surface area contributed by atoms with Crippen molar-refractivity contribution in [1.82, 2.24) is 14.5 Å². The number of alkyl halides is 1. The number of carbonyl (C=O) groups is 1. The van der Waals surface area contributed by atoms with Crippen molar-refractivity contribution in [3.8, 4) is 11.5 Å². The summed E-state index contributed by atoms with van der Waals surface area (Å²) >= 11 is 2.04. The number of halogens is 1. The molecule has 0 bridgehead atoms. The Hall–Kier alpha value is -2.91. The normalized spacial score (nSPS) is 13.4. The molecule has 2 aromatic carbocycles. The maximum atomic E-state index is 12.4. The molecular formula is C28H35IN5O9P2+. The second-order valence-corrected chi connectivity index (χ2v) is 13.5. The summed E-state index contributed by atoms with van der Waals surface area (Å²) in [7, 11) is -9.95. The van der Waals surface area contributed by atoms with E-state index in [0.717, 1.165) is 24.5 Å². The van der Waals surface area contributed by atoms with Crippen LogP contribution in [0.1, 0.15) is 56.5 Å². The van der Waals surface area contributed by atoms with Crippen molar-refractivity contribution in [2.75, 3.05) is 16.7 Å². The molecule has 0 saturated carbocycles. The molecule has 17 heteroatoms. The Kier molecular flexibility index (Phi) is 11.1. The van der Waals surface area contributed by atoms with Crippen LogP contribution in [0.3, 0.4) is 0 Å². The van der Waals surface area contributed by atoms with Crippen molar-refractivity contribution >= 4 is 78.1 Å². The fraction of sp³-hybridized carbons (Fsp3) is 0.357. The molecule has 2 aromatic heterocycles. The minimum absolute atomic E-state index is 0.000462. The first-order valence-electron chi connectivity index (χ1n) is 14.1. The number of hydrogen-bond donors (Lipinski definition) is 5. The summed E-state index contributed by atoms with van der Waals surface area (Å²) in [5, 5.41) is 0.704. The van der Waals surface area contributed by atoms with Gasteiger partial charge in [-0.25, -0.2) is 23.9 Å². The quantitative estimate of drug-likeness (QED) is 0.0413. The van der Waals surface area contributed by atoms with Gasteiger partial charge in [0.15, 0.2) is 12.0 Å². The molecule has 0 aliphatic rings. The van der Waals surface area contributed by atoms with Crippen LogP contribution in [0.4, 0.5) is 5.82 Å². The van der Waals surface area contributed by atoms with E-state index < -0.39 is 15.6 Å². The number of nitrogens with zero attached hydrogens (tertiary/aromatic N) is 4. The first-order chi connectivity index (χ1) is 21.1. The lowest BCUT2D eigenvalue weighted by molar-refractivity contribution is -0.439. The summed E-state index contributed by atoms with van der Waals surface area (Å²) < 4.78 is 36.9. The van der Waals surface area contributed by atoms with Gasteiger partial charge in [0, 0.05) is 17.4 Å². The predicted octanol–water partition coefficient (Wildman–Crippen LogP) is 4.67. The van der Waals surface area contributed by atoms with Crippen LogP contribution in [0.15, 0.2) is 36.4 Å². The average molecular weight is 774 g/mol. The van der Waals surface area contributed by atoms with Gasteiger partial charge in [0.05, 0.1) is 23.5 Å². The number of imidazole rings is 1. The van der Waals surface area contributed by atoms with Crippen LogP contribution in [0, 0.1) is 0 Å². The molecular weight excluding hydrogens is 739 g/mol. The maximum absolute atomic E-state index is 12.4. The fourth-order valence-electron chi connectivity index (χ4n) is 5.01. The molecule has 0 aliphatic heterocycles. The van der Waals surface area contributed by atoms with E-state index in [2.05, 4.69) is 4.98 Å². The van der Waals surface area contributed by atoms with E-state index in [0.29, 0.717) is 45.2 Å². The molecule has 14 nitrogen and oxygen atoms in total. The second kappa shape index (κ2) is 14.2. The summed E-state index contributed by atoms with van der Waals surface area (Å²) in [6, 6.07) is 9.26. The fourth-order valence-corrected chi connectivity index (χ4v) is 6.27. The van der Waals surface area contributed by atoms with Crippen molar-refractivity contribution < 1.29 is 47.1 Å². The number of anilines is 1. The van der Waals surface area contributed by atoms with Gasteiger partial charge in [0.2, 0.25) is 0 Å². The van der Waals surface area contributed by atoms with E-state index >= 15 is 0 Å². The summed E-state index contributed by atoms with van der Waals surface area (Å²) in [5.74, 6) is 0.228. The molecule has 2 heterocycles. The minimum atomic E-state index is -5.01. The SMILES string of the molecule is CCCCc1nc2c(N)nc3ccc(C(C)C=[N+](CC)C(=O)CI)cc3c2n1Cc1cc(OP(=O)(O)O)ccc1OP(=O)(O)O. The zero-order valence-corrected chi connectivity index (χ0v) is 28.8. The summed E-state index contributed by atoms with van der Waals surface area (Å²) in [6.07, 6.45) is 4.05. The van der Waals surface area contributed by atoms with E-state index in [4.69, 9.17) is 19.8 Å². The number of aryl methyl sites for hydroxylation is 1. The van der Waals surface area contributed by atoms with E-state index in [1.54, 1.807) is 4.58 Å². The van der Waals surface area contributed by atoms with E-state index in [-0.39, 0.29) is 41.3 Å². The van der Waals surface area contributed by atoms with Crippen LogP contribution in [-0.2, 0) is 26.9 Å². The first kappa shape index (κ1) is 35.0. The van der Waals surface area contributed by atoms with Crippen LogP contribution in [-0.4, -0.2) is 61.8 Å². The Morgan fingerprint density at radius 1 is 1.09 bits per heavy atom. The third-order valence-electron chi connectivity index (χ3n) is 7.07. The molecule has 0 saturated heterocycles. The van der Waals surface area contributed by atoms with Gasteiger partial charge in [-0.3, -0.25) is 19.6 Å². The molecule has 4 aromatic rings. The van der Waals surface area contributed by atoms with Crippen molar-refractivity contribution in [1.29, 1.82) is 0 Å². The molecule has 1 unspecified atom stereocenters. The Morgan fingerprint density at radius 3 is 2.42 bits per heavy atom. The van der Waals surface area contributed by atoms with Crippen LogP contribution < -0.4 is 14.8 Å². The number of phosphoric acid groups is 2. The Balaban J connectivity index is 1.97. The van der Waals surface area contributed by atoms with Gasteiger partial charge < -0.3 is 19.3 Å². The number of amides is 1. The number of rotatable bonds is 13. The number of aromatic nitrogens is 3. The number of nitrogen functional groups attached to an aromatic ring is 1. The molecule has 1 amide bonds. The van der Waals surface area contributed by atoms with Crippen molar-refractivity contribution in [2.24, 2.45) is 0 Å². The Bertz CT molecular complexity index is 1870. The highest BCUT2D eigenvalue weighted by Crippen LogP contribution is 2.43. The number of unbranched alkanes of at least 4 members (excludes halogenated alkanes) is 1. The van der Waals surface area contributed by atoms with Gasteiger partial charge in [0.25, 0.3) is 0 Å². The first-order valence-corrected chi connectivity index (χ1v) is 18.6. The van der Waals surface area contributed by atoms with Gasteiger partial charge in [0.1, 0.15) is 33.8 Å². The average Bonchev–Trinajstić information content (AvgIpc) is 3.32. The van der Waals surface area contributed by atoms with Crippen molar-refractivity contribution in [3.63, 3.8) is 0 Å². The van der Waals surface area contributed by atoms with Crippen LogP contribution in [0.25, 0.3) is 21.9 Å². The molecule has 0 radical (unpaired) electrons. The molecule has 242 valence electrons. The molecule has 6 N–H and O–H groups in total. The lowest BCUT2D eigenvalue weighted by Gasteiger charge is -2.17.